The molecule has 3 amide bonds. The van der Waals surface area contributed by atoms with Crippen LogP contribution in [0.3, 0.4) is 0 Å². The molecule has 4 atom stereocenters. The van der Waals surface area contributed by atoms with Crippen LogP contribution in [-0.4, -0.2) is 36.0 Å². The van der Waals surface area contributed by atoms with E-state index in [0.717, 1.165) is 43.5 Å². The smallest absolute Gasteiger partial charge is 0.319 e. The van der Waals surface area contributed by atoms with Gasteiger partial charge in [0, 0.05) is 30.4 Å². The normalized spacial score (nSPS) is 28.2. The lowest BCUT2D eigenvalue weighted by atomic mass is 9.84. The van der Waals surface area contributed by atoms with Gasteiger partial charge in [-0.2, -0.15) is 0 Å². The van der Waals surface area contributed by atoms with E-state index in [4.69, 9.17) is 0 Å². The molecular formula is C21H29N3O2. The Morgan fingerprint density at radius 2 is 1.81 bits per heavy atom. The van der Waals surface area contributed by atoms with Gasteiger partial charge < -0.3 is 15.5 Å². The zero-order valence-corrected chi connectivity index (χ0v) is 15.5. The Labute approximate surface area is 155 Å². The topological polar surface area (TPSA) is 61.4 Å². The highest BCUT2D eigenvalue weighted by Gasteiger charge is 2.42. The molecule has 0 aromatic heterocycles. The third kappa shape index (κ3) is 3.57. The van der Waals surface area contributed by atoms with Crippen molar-refractivity contribution >= 4 is 17.6 Å². The van der Waals surface area contributed by atoms with E-state index in [1.54, 1.807) is 12.1 Å². The molecule has 5 heteroatoms. The second kappa shape index (κ2) is 7.29. The number of anilines is 1. The van der Waals surface area contributed by atoms with E-state index in [0.29, 0.717) is 11.5 Å². The Balaban J connectivity index is 1.29. The van der Waals surface area contributed by atoms with Crippen molar-refractivity contribution in [1.82, 2.24) is 10.2 Å². The van der Waals surface area contributed by atoms with Crippen molar-refractivity contribution in [2.24, 2.45) is 17.8 Å². The summed E-state index contributed by atoms with van der Waals surface area (Å²) in [6.45, 7) is 3.83. The molecule has 0 spiro atoms. The monoisotopic (exact) mass is 355 g/mol. The maximum Gasteiger partial charge on any atom is 0.319 e. The summed E-state index contributed by atoms with van der Waals surface area (Å²) in [7, 11) is 0. The van der Waals surface area contributed by atoms with Crippen LogP contribution in [0.2, 0.25) is 0 Å². The standard InChI is InChI=1S/C21H29N3O2/c1-14(19-13-15-4-5-17(19)12-15)22-21(26)23-18-8-6-16(7-9-18)20(25)24-10-2-3-11-24/h6-9,14-15,17,19H,2-5,10-13H2,1H3,(H2,22,23,26)/t14-,15-,17-,19-/m0/s1. The molecule has 4 rings (SSSR count). The van der Waals surface area contributed by atoms with E-state index in [-0.39, 0.29) is 18.0 Å². The van der Waals surface area contributed by atoms with Gasteiger partial charge in [0.15, 0.2) is 0 Å². The Morgan fingerprint density at radius 1 is 1.08 bits per heavy atom. The van der Waals surface area contributed by atoms with Crippen molar-refractivity contribution < 1.29 is 9.59 Å². The Morgan fingerprint density at radius 3 is 2.42 bits per heavy atom. The van der Waals surface area contributed by atoms with Gasteiger partial charge in [0.1, 0.15) is 0 Å². The fraction of sp³-hybridized carbons (Fsp3) is 0.619. The molecular weight excluding hydrogens is 326 g/mol. The first-order valence-electron chi connectivity index (χ1n) is 10.1. The molecule has 2 aliphatic carbocycles. The van der Waals surface area contributed by atoms with Crippen molar-refractivity contribution in [3.63, 3.8) is 0 Å². The van der Waals surface area contributed by atoms with E-state index in [2.05, 4.69) is 17.6 Å². The molecule has 1 saturated heterocycles. The zero-order chi connectivity index (χ0) is 18.1. The van der Waals surface area contributed by atoms with Crippen LogP contribution < -0.4 is 10.6 Å². The van der Waals surface area contributed by atoms with Gasteiger partial charge in [-0.25, -0.2) is 4.79 Å². The minimum atomic E-state index is -0.154. The van der Waals surface area contributed by atoms with Crippen molar-refractivity contribution in [3.05, 3.63) is 29.8 Å². The summed E-state index contributed by atoms with van der Waals surface area (Å²) in [5.74, 6) is 2.40. The van der Waals surface area contributed by atoms with Crippen molar-refractivity contribution in [2.45, 2.75) is 51.5 Å². The van der Waals surface area contributed by atoms with Gasteiger partial charge in [-0.3, -0.25) is 4.79 Å². The predicted molar refractivity (Wildman–Crippen MR) is 102 cm³/mol. The van der Waals surface area contributed by atoms with Gasteiger partial charge in [-0.05, 0) is 81.0 Å². The number of nitrogens with one attached hydrogen (secondary N) is 2. The highest BCUT2D eigenvalue weighted by atomic mass is 16.2. The number of rotatable bonds is 4. The fourth-order valence-corrected chi connectivity index (χ4v) is 5.19. The Bertz CT molecular complexity index is 666. The first-order chi connectivity index (χ1) is 12.6. The quantitative estimate of drug-likeness (QED) is 0.861. The Kier molecular flexibility index (Phi) is 4.88. The molecule has 1 aromatic carbocycles. The Hall–Kier alpha value is -2.04. The number of carbonyl (C=O) groups excluding carboxylic acids is 2. The van der Waals surface area contributed by atoms with Gasteiger partial charge in [0.05, 0.1) is 0 Å². The van der Waals surface area contributed by atoms with Crippen LogP contribution in [-0.2, 0) is 0 Å². The average Bonchev–Trinajstić information content (AvgIpc) is 3.39. The minimum Gasteiger partial charge on any atom is -0.339 e. The SMILES string of the molecule is C[C@H](NC(=O)Nc1ccc(C(=O)N2CCCC2)cc1)[C@@H]1C[C@H]2CC[C@H]1C2. The summed E-state index contributed by atoms with van der Waals surface area (Å²) in [6, 6.07) is 7.28. The van der Waals surface area contributed by atoms with Crippen LogP contribution >= 0.6 is 0 Å². The summed E-state index contributed by atoms with van der Waals surface area (Å²) in [6.07, 6.45) is 7.50. The molecule has 1 heterocycles. The van der Waals surface area contributed by atoms with Crippen molar-refractivity contribution in [1.29, 1.82) is 0 Å². The van der Waals surface area contributed by atoms with E-state index in [1.807, 2.05) is 17.0 Å². The molecule has 3 aliphatic rings. The number of likely N-dealkylation sites (tertiary alicyclic amines) is 1. The first-order valence-corrected chi connectivity index (χ1v) is 10.1. The van der Waals surface area contributed by atoms with Crippen LogP contribution in [0.15, 0.2) is 24.3 Å². The van der Waals surface area contributed by atoms with Gasteiger partial charge in [-0.15, -0.1) is 0 Å². The largest absolute Gasteiger partial charge is 0.339 e. The third-order valence-electron chi connectivity index (χ3n) is 6.58. The number of amides is 3. The molecule has 1 aromatic rings. The van der Waals surface area contributed by atoms with Gasteiger partial charge in [-0.1, -0.05) is 6.42 Å². The molecule has 1 aliphatic heterocycles. The lowest BCUT2D eigenvalue weighted by molar-refractivity contribution is 0.0793. The van der Waals surface area contributed by atoms with Crippen molar-refractivity contribution in [3.8, 4) is 0 Å². The molecule has 26 heavy (non-hydrogen) atoms. The highest BCUT2D eigenvalue weighted by Crippen LogP contribution is 2.49. The van der Waals surface area contributed by atoms with E-state index >= 15 is 0 Å². The molecule has 2 N–H and O–H groups in total. The fourth-order valence-electron chi connectivity index (χ4n) is 5.19. The molecule has 0 unspecified atom stereocenters. The van der Waals surface area contributed by atoms with E-state index < -0.39 is 0 Å². The molecule has 3 fully saturated rings. The number of hydrogen-bond donors (Lipinski definition) is 2. The highest BCUT2D eigenvalue weighted by molar-refractivity contribution is 5.95. The van der Waals surface area contributed by atoms with Crippen LogP contribution in [0.4, 0.5) is 10.5 Å². The maximum atomic E-state index is 12.4. The van der Waals surface area contributed by atoms with Gasteiger partial charge in [0.25, 0.3) is 5.91 Å². The second-order valence-corrected chi connectivity index (χ2v) is 8.30. The number of urea groups is 1. The number of fused-ring (bicyclic) bond motifs is 2. The number of benzene rings is 1. The zero-order valence-electron chi connectivity index (χ0n) is 15.5. The summed E-state index contributed by atoms with van der Waals surface area (Å²) < 4.78 is 0. The van der Waals surface area contributed by atoms with Gasteiger partial charge in [0.2, 0.25) is 0 Å². The summed E-state index contributed by atoms with van der Waals surface area (Å²) >= 11 is 0. The molecule has 2 saturated carbocycles. The van der Waals surface area contributed by atoms with Crippen LogP contribution in [0.5, 0.6) is 0 Å². The number of nitrogens with zero attached hydrogens (tertiary/aromatic N) is 1. The average molecular weight is 355 g/mol. The van der Waals surface area contributed by atoms with Crippen LogP contribution in [0, 0.1) is 17.8 Å². The molecule has 2 bridgehead atoms. The molecule has 0 radical (unpaired) electrons. The second-order valence-electron chi connectivity index (χ2n) is 8.30. The lowest BCUT2D eigenvalue weighted by Crippen LogP contribution is -2.42. The summed E-state index contributed by atoms with van der Waals surface area (Å²) in [4.78, 5) is 26.6. The minimum absolute atomic E-state index is 0.0865. The first kappa shape index (κ1) is 17.4. The lowest BCUT2D eigenvalue weighted by Gasteiger charge is -2.28. The summed E-state index contributed by atoms with van der Waals surface area (Å²) in [5.41, 5.74) is 1.41. The van der Waals surface area contributed by atoms with Crippen LogP contribution in [0.25, 0.3) is 0 Å². The van der Waals surface area contributed by atoms with Crippen molar-refractivity contribution in [2.75, 3.05) is 18.4 Å². The number of carbonyl (C=O) groups is 2. The number of hydrogen-bond acceptors (Lipinski definition) is 2. The predicted octanol–water partition coefficient (Wildman–Crippen LogP) is 3.87. The van der Waals surface area contributed by atoms with Crippen LogP contribution in [0.1, 0.15) is 55.8 Å². The maximum absolute atomic E-state index is 12.4. The van der Waals surface area contributed by atoms with E-state index in [9.17, 15) is 9.59 Å². The van der Waals surface area contributed by atoms with E-state index in [1.165, 1.54) is 25.7 Å². The molecule has 140 valence electrons. The van der Waals surface area contributed by atoms with Gasteiger partial charge >= 0.3 is 6.03 Å². The summed E-state index contributed by atoms with van der Waals surface area (Å²) in [5, 5.41) is 6.01. The third-order valence-corrected chi connectivity index (χ3v) is 6.58. The molecule has 5 nitrogen and oxygen atoms in total.